The molecule has 0 atom stereocenters. The number of hydrogen-bond donors (Lipinski definition) is 2. The molecular weight excluding hydrogens is 332 g/mol. The molecule has 0 bridgehead atoms. The Hall–Kier alpha value is -2.54. The van der Waals surface area contributed by atoms with Crippen LogP contribution < -0.4 is 15.8 Å². The highest BCUT2D eigenvalue weighted by atomic mass is 16.5. The number of carbonyl (C=O) groups excluding carboxylic acids is 1. The second-order valence-corrected chi connectivity index (χ2v) is 6.77. The van der Waals surface area contributed by atoms with Gasteiger partial charge in [0.15, 0.2) is 0 Å². The predicted molar refractivity (Wildman–Crippen MR) is 101 cm³/mol. The molecule has 1 saturated heterocycles. The summed E-state index contributed by atoms with van der Waals surface area (Å²) in [5.74, 6) is 1.37. The van der Waals surface area contributed by atoms with Gasteiger partial charge in [0.2, 0.25) is 0 Å². The van der Waals surface area contributed by atoms with Gasteiger partial charge >= 0.3 is 0 Å². The van der Waals surface area contributed by atoms with Crippen LogP contribution in [0, 0.1) is 19.8 Å². The molecule has 1 aliphatic heterocycles. The average molecular weight is 358 g/mol. The van der Waals surface area contributed by atoms with E-state index in [2.05, 4.69) is 10.4 Å². The minimum atomic E-state index is -0.271. The lowest BCUT2D eigenvalue weighted by Gasteiger charge is -2.22. The van der Waals surface area contributed by atoms with Crippen LogP contribution in [-0.4, -0.2) is 35.5 Å². The number of aryl methyl sites for hydroxylation is 3. The zero-order valence-corrected chi connectivity index (χ0v) is 15.5. The van der Waals surface area contributed by atoms with Gasteiger partial charge in [0.05, 0.1) is 12.3 Å². The minimum absolute atomic E-state index is 0.271. The molecule has 0 aliphatic carbocycles. The van der Waals surface area contributed by atoms with Gasteiger partial charge in [-0.1, -0.05) is 6.07 Å². The van der Waals surface area contributed by atoms with Gasteiger partial charge in [-0.15, -0.1) is 0 Å². The van der Waals surface area contributed by atoms with Crippen molar-refractivity contribution in [3.8, 4) is 5.75 Å². The summed E-state index contributed by atoms with van der Waals surface area (Å²) in [6.07, 6.45) is 2.05. The van der Waals surface area contributed by atoms with Gasteiger partial charge in [-0.2, -0.15) is 5.10 Å². The van der Waals surface area contributed by atoms with E-state index in [-0.39, 0.29) is 5.91 Å². The number of nitrogen functional groups attached to an aromatic ring is 1. The summed E-state index contributed by atoms with van der Waals surface area (Å²) in [6.45, 7) is 6.03. The molecule has 7 nitrogen and oxygen atoms in total. The van der Waals surface area contributed by atoms with Gasteiger partial charge in [0, 0.05) is 32.0 Å². The second-order valence-electron chi connectivity index (χ2n) is 6.77. The molecule has 0 spiro atoms. The molecule has 26 heavy (non-hydrogen) atoms. The fraction of sp³-hybridized carbons (Fsp3) is 0.474. The quantitative estimate of drug-likeness (QED) is 0.857. The van der Waals surface area contributed by atoms with Crippen LogP contribution in [0.2, 0.25) is 0 Å². The summed E-state index contributed by atoms with van der Waals surface area (Å²) in [6, 6.07) is 5.65. The van der Waals surface area contributed by atoms with Crippen molar-refractivity contribution in [2.45, 2.75) is 26.7 Å². The number of rotatable bonds is 5. The van der Waals surface area contributed by atoms with Crippen molar-refractivity contribution in [3.63, 3.8) is 0 Å². The SMILES string of the molecule is Cc1ccc(NC(=O)c2c(C)nn(C)c2N)cc1OCC1CCOCC1. The molecule has 3 N–H and O–H groups in total. The van der Waals surface area contributed by atoms with Crippen molar-refractivity contribution in [2.75, 3.05) is 30.9 Å². The maximum atomic E-state index is 12.6. The van der Waals surface area contributed by atoms with Gasteiger partial charge < -0.3 is 20.5 Å². The number of amides is 1. The molecule has 0 radical (unpaired) electrons. The van der Waals surface area contributed by atoms with Crippen LogP contribution in [0.5, 0.6) is 5.75 Å². The molecule has 2 heterocycles. The Morgan fingerprint density at radius 2 is 2.12 bits per heavy atom. The number of nitrogens with zero attached hydrogens (tertiary/aromatic N) is 2. The first kappa shape index (κ1) is 18.3. The van der Waals surface area contributed by atoms with E-state index in [0.29, 0.717) is 35.3 Å². The maximum Gasteiger partial charge on any atom is 0.261 e. The predicted octanol–water partition coefficient (Wildman–Crippen LogP) is 2.68. The first-order chi connectivity index (χ1) is 12.5. The van der Waals surface area contributed by atoms with Crippen LogP contribution in [0.4, 0.5) is 11.5 Å². The van der Waals surface area contributed by atoms with Gasteiger partial charge in [0.25, 0.3) is 5.91 Å². The summed E-state index contributed by atoms with van der Waals surface area (Å²) in [4.78, 5) is 12.6. The molecule has 3 rings (SSSR count). The number of carbonyl (C=O) groups is 1. The maximum absolute atomic E-state index is 12.6. The molecule has 140 valence electrons. The van der Waals surface area contributed by atoms with Crippen molar-refractivity contribution in [1.82, 2.24) is 9.78 Å². The number of benzene rings is 1. The first-order valence-corrected chi connectivity index (χ1v) is 8.87. The van der Waals surface area contributed by atoms with Crippen LogP contribution in [0.25, 0.3) is 0 Å². The normalized spacial score (nSPS) is 15.0. The standard InChI is InChI=1S/C19H26N4O3/c1-12-4-5-15(10-16(12)26-11-14-6-8-25-9-7-14)21-19(24)17-13(2)22-23(3)18(17)20/h4-5,10,14H,6-9,11,20H2,1-3H3,(H,21,24). The second kappa shape index (κ2) is 7.78. The molecule has 1 aliphatic rings. The van der Waals surface area contributed by atoms with Gasteiger partial charge in [0.1, 0.15) is 17.1 Å². The smallest absolute Gasteiger partial charge is 0.261 e. The Morgan fingerprint density at radius 1 is 1.38 bits per heavy atom. The number of nitrogens with two attached hydrogens (primary N) is 1. The van der Waals surface area contributed by atoms with Crippen molar-refractivity contribution < 1.29 is 14.3 Å². The van der Waals surface area contributed by atoms with E-state index >= 15 is 0 Å². The van der Waals surface area contributed by atoms with E-state index in [1.807, 2.05) is 25.1 Å². The van der Waals surface area contributed by atoms with Crippen LogP contribution in [0.3, 0.4) is 0 Å². The molecule has 7 heteroatoms. The molecular formula is C19H26N4O3. The van der Waals surface area contributed by atoms with Crippen LogP contribution in [-0.2, 0) is 11.8 Å². The zero-order chi connectivity index (χ0) is 18.7. The van der Waals surface area contributed by atoms with Crippen LogP contribution in [0.15, 0.2) is 18.2 Å². The van der Waals surface area contributed by atoms with Crippen molar-refractivity contribution >= 4 is 17.4 Å². The van der Waals surface area contributed by atoms with E-state index < -0.39 is 0 Å². The van der Waals surface area contributed by atoms with Crippen molar-refractivity contribution in [2.24, 2.45) is 13.0 Å². The molecule has 1 aromatic carbocycles. The molecule has 2 aromatic rings. The largest absolute Gasteiger partial charge is 0.493 e. The number of nitrogens with one attached hydrogen (secondary N) is 1. The lowest BCUT2D eigenvalue weighted by Crippen LogP contribution is -2.21. The minimum Gasteiger partial charge on any atom is -0.493 e. The van der Waals surface area contributed by atoms with Crippen molar-refractivity contribution in [3.05, 3.63) is 35.0 Å². The molecule has 1 aromatic heterocycles. The lowest BCUT2D eigenvalue weighted by atomic mass is 10.0. The van der Waals surface area contributed by atoms with E-state index in [0.717, 1.165) is 37.4 Å². The third-order valence-electron chi connectivity index (χ3n) is 4.76. The summed E-state index contributed by atoms with van der Waals surface area (Å²) in [7, 11) is 1.72. The molecule has 0 saturated carbocycles. The summed E-state index contributed by atoms with van der Waals surface area (Å²) >= 11 is 0. The number of aromatic nitrogens is 2. The Labute approximate surface area is 153 Å². The van der Waals surface area contributed by atoms with Crippen molar-refractivity contribution in [1.29, 1.82) is 0 Å². The van der Waals surface area contributed by atoms with E-state index in [1.165, 1.54) is 4.68 Å². The lowest BCUT2D eigenvalue weighted by molar-refractivity contribution is 0.0496. The van der Waals surface area contributed by atoms with Crippen LogP contribution in [0.1, 0.15) is 34.5 Å². The third kappa shape index (κ3) is 3.99. The average Bonchev–Trinajstić information content (AvgIpc) is 2.88. The van der Waals surface area contributed by atoms with E-state index in [4.69, 9.17) is 15.2 Å². The summed E-state index contributed by atoms with van der Waals surface area (Å²) < 4.78 is 12.9. The number of hydrogen-bond acceptors (Lipinski definition) is 5. The highest BCUT2D eigenvalue weighted by Gasteiger charge is 2.19. The highest BCUT2D eigenvalue weighted by molar-refractivity contribution is 6.08. The molecule has 1 fully saturated rings. The Kier molecular flexibility index (Phi) is 5.46. The Balaban J connectivity index is 1.69. The van der Waals surface area contributed by atoms with Gasteiger partial charge in [-0.25, -0.2) is 0 Å². The summed E-state index contributed by atoms with van der Waals surface area (Å²) in [5.41, 5.74) is 8.66. The Morgan fingerprint density at radius 3 is 2.77 bits per heavy atom. The molecule has 1 amide bonds. The van der Waals surface area contributed by atoms with Gasteiger partial charge in [-0.3, -0.25) is 9.48 Å². The monoisotopic (exact) mass is 358 g/mol. The topological polar surface area (TPSA) is 91.4 Å². The van der Waals surface area contributed by atoms with Crippen LogP contribution >= 0.6 is 0 Å². The first-order valence-electron chi connectivity index (χ1n) is 8.87. The fourth-order valence-corrected chi connectivity index (χ4v) is 3.10. The zero-order valence-electron chi connectivity index (χ0n) is 15.5. The third-order valence-corrected chi connectivity index (χ3v) is 4.76. The van der Waals surface area contributed by atoms with E-state index in [1.54, 1.807) is 14.0 Å². The highest BCUT2D eigenvalue weighted by Crippen LogP contribution is 2.26. The molecule has 0 unspecified atom stereocenters. The van der Waals surface area contributed by atoms with Gasteiger partial charge in [-0.05, 0) is 44.2 Å². The number of ether oxygens (including phenoxy) is 2. The van der Waals surface area contributed by atoms with E-state index in [9.17, 15) is 4.79 Å². The fourth-order valence-electron chi connectivity index (χ4n) is 3.10. The Bertz CT molecular complexity index is 794. The summed E-state index contributed by atoms with van der Waals surface area (Å²) in [5, 5.41) is 7.07. The number of anilines is 2.